The molecular formula is C22H20F3NO4. The highest BCUT2D eigenvalue weighted by Gasteiger charge is 2.42. The molecule has 8 heteroatoms. The molecule has 158 valence electrons. The zero-order chi connectivity index (χ0) is 22.0. The molecule has 0 N–H and O–H groups in total. The zero-order valence-electron chi connectivity index (χ0n) is 16.6. The number of rotatable bonds is 3. The van der Waals surface area contributed by atoms with Crippen LogP contribution in [-0.4, -0.2) is 18.1 Å². The maximum Gasteiger partial charge on any atom is 0.257 e. The SMILES string of the molecule is CC.COc1ccc2c3c(ccc2c1)OC(c1cc(F)c(F)cc1F)C([N+](=O)[O-])C3. The predicted molar refractivity (Wildman–Crippen MR) is 106 cm³/mol. The normalized spacial score (nSPS) is 17.4. The van der Waals surface area contributed by atoms with Gasteiger partial charge in [0.15, 0.2) is 17.7 Å². The van der Waals surface area contributed by atoms with Gasteiger partial charge in [0.05, 0.1) is 7.11 Å². The van der Waals surface area contributed by atoms with Gasteiger partial charge < -0.3 is 9.47 Å². The van der Waals surface area contributed by atoms with Crippen LogP contribution in [0, 0.1) is 27.6 Å². The smallest absolute Gasteiger partial charge is 0.257 e. The van der Waals surface area contributed by atoms with Crippen LogP contribution in [0.5, 0.6) is 11.5 Å². The fourth-order valence-electron chi connectivity index (χ4n) is 3.54. The Labute approximate surface area is 171 Å². The van der Waals surface area contributed by atoms with Gasteiger partial charge in [-0.05, 0) is 35.0 Å². The number of nitro groups is 1. The van der Waals surface area contributed by atoms with Crippen LogP contribution in [0.15, 0.2) is 42.5 Å². The Bertz CT molecular complexity index is 1100. The van der Waals surface area contributed by atoms with Crippen LogP contribution < -0.4 is 9.47 Å². The van der Waals surface area contributed by atoms with Gasteiger partial charge in [-0.2, -0.15) is 0 Å². The molecule has 5 nitrogen and oxygen atoms in total. The average molecular weight is 419 g/mol. The first kappa shape index (κ1) is 21.4. The first-order valence-electron chi connectivity index (χ1n) is 9.43. The summed E-state index contributed by atoms with van der Waals surface area (Å²) in [6, 6.07) is 8.28. The fourth-order valence-corrected chi connectivity index (χ4v) is 3.54. The molecule has 0 spiro atoms. The summed E-state index contributed by atoms with van der Waals surface area (Å²) in [4.78, 5) is 11.1. The second-order valence-corrected chi connectivity index (χ2v) is 6.51. The molecule has 2 atom stereocenters. The monoisotopic (exact) mass is 419 g/mol. The van der Waals surface area contributed by atoms with E-state index >= 15 is 0 Å². The first-order valence-corrected chi connectivity index (χ1v) is 9.43. The van der Waals surface area contributed by atoms with Crippen LogP contribution in [0.3, 0.4) is 0 Å². The Morgan fingerprint density at radius 1 is 1.03 bits per heavy atom. The quantitative estimate of drug-likeness (QED) is 0.314. The van der Waals surface area contributed by atoms with Crippen molar-refractivity contribution < 1.29 is 27.6 Å². The van der Waals surface area contributed by atoms with Gasteiger partial charge in [-0.1, -0.05) is 26.0 Å². The maximum atomic E-state index is 14.2. The molecule has 1 aliphatic heterocycles. The third kappa shape index (κ3) is 3.77. The number of benzene rings is 3. The number of halogens is 3. The molecule has 0 saturated heterocycles. The van der Waals surface area contributed by atoms with E-state index in [1.54, 1.807) is 30.3 Å². The lowest BCUT2D eigenvalue weighted by molar-refractivity contribution is -0.535. The van der Waals surface area contributed by atoms with Gasteiger partial charge in [-0.3, -0.25) is 10.1 Å². The van der Waals surface area contributed by atoms with Gasteiger partial charge in [-0.25, -0.2) is 13.2 Å². The van der Waals surface area contributed by atoms with E-state index in [0.29, 0.717) is 29.2 Å². The van der Waals surface area contributed by atoms with Gasteiger partial charge in [0.1, 0.15) is 17.3 Å². The van der Waals surface area contributed by atoms with E-state index in [1.807, 2.05) is 13.8 Å². The average Bonchev–Trinajstić information content (AvgIpc) is 2.76. The van der Waals surface area contributed by atoms with Gasteiger partial charge in [0, 0.05) is 28.5 Å². The molecule has 0 aliphatic carbocycles. The van der Waals surface area contributed by atoms with Crippen LogP contribution in [0.25, 0.3) is 10.8 Å². The molecule has 0 radical (unpaired) electrons. The van der Waals surface area contributed by atoms with Crippen molar-refractivity contribution in [1.82, 2.24) is 0 Å². The third-order valence-corrected chi connectivity index (χ3v) is 4.93. The number of fused-ring (bicyclic) bond motifs is 3. The van der Waals surface area contributed by atoms with Crippen LogP contribution in [0.1, 0.15) is 31.1 Å². The number of nitrogens with zero attached hydrogens (tertiary/aromatic N) is 1. The molecular weight excluding hydrogens is 399 g/mol. The molecule has 0 aromatic heterocycles. The lowest BCUT2D eigenvalue weighted by Crippen LogP contribution is -2.37. The summed E-state index contributed by atoms with van der Waals surface area (Å²) in [6.45, 7) is 4.00. The summed E-state index contributed by atoms with van der Waals surface area (Å²) in [7, 11) is 1.53. The van der Waals surface area contributed by atoms with Crippen molar-refractivity contribution in [2.75, 3.05) is 7.11 Å². The van der Waals surface area contributed by atoms with Crippen molar-refractivity contribution in [3.8, 4) is 11.5 Å². The summed E-state index contributed by atoms with van der Waals surface area (Å²) in [5.74, 6) is -2.78. The van der Waals surface area contributed by atoms with E-state index in [4.69, 9.17) is 9.47 Å². The van der Waals surface area contributed by atoms with Crippen LogP contribution >= 0.6 is 0 Å². The minimum Gasteiger partial charge on any atom is -0.497 e. The highest BCUT2D eigenvalue weighted by Crippen LogP contribution is 2.41. The lowest BCUT2D eigenvalue weighted by atomic mass is 9.89. The molecule has 3 aromatic carbocycles. The van der Waals surface area contributed by atoms with Crippen molar-refractivity contribution in [3.63, 3.8) is 0 Å². The van der Waals surface area contributed by atoms with Crippen LogP contribution in [-0.2, 0) is 6.42 Å². The number of hydrogen-bond acceptors (Lipinski definition) is 4. The Hall–Kier alpha value is -3.29. The topological polar surface area (TPSA) is 61.6 Å². The molecule has 0 amide bonds. The summed E-state index contributed by atoms with van der Waals surface area (Å²) in [6.07, 6.45) is -1.43. The number of methoxy groups -OCH3 is 1. The van der Waals surface area contributed by atoms with E-state index in [-0.39, 0.29) is 12.0 Å². The van der Waals surface area contributed by atoms with E-state index in [9.17, 15) is 23.3 Å². The van der Waals surface area contributed by atoms with E-state index in [2.05, 4.69) is 0 Å². The van der Waals surface area contributed by atoms with Crippen molar-refractivity contribution in [2.24, 2.45) is 0 Å². The Morgan fingerprint density at radius 3 is 2.40 bits per heavy atom. The lowest BCUT2D eigenvalue weighted by Gasteiger charge is -2.30. The minimum absolute atomic E-state index is 0.0465. The summed E-state index contributed by atoms with van der Waals surface area (Å²) in [5.41, 5.74) is 0.210. The second kappa shape index (κ2) is 8.61. The van der Waals surface area contributed by atoms with E-state index < -0.39 is 34.5 Å². The molecule has 0 fully saturated rings. The molecule has 0 saturated carbocycles. The second-order valence-electron chi connectivity index (χ2n) is 6.51. The Kier molecular flexibility index (Phi) is 6.14. The molecule has 0 bridgehead atoms. The molecule has 1 aliphatic rings. The van der Waals surface area contributed by atoms with Crippen molar-refractivity contribution >= 4 is 10.8 Å². The summed E-state index contributed by atoms with van der Waals surface area (Å²) < 4.78 is 52.1. The third-order valence-electron chi connectivity index (χ3n) is 4.93. The van der Waals surface area contributed by atoms with E-state index in [1.165, 1.54) is 7.11 Å². The predicted octanol–water partition coefficient (Wildman–Crippen LogP) is 5.61. The van der Waals surface area contributed by atoms with Crippen molar-refractivity contribution in [3.05, 3.63) is 81.2 Å². The Morgan fingerprint density at radius 2 is 1.73 bits per heavy atom. The van der Waals surface area contributed by atoms with Crippen molar-refractivity contribution in [2.45, 2.75) is 32.4 Å². The molecule has 3 aromatic rings. The standard InChI is InChI=1S/C20H14F3NO4.C2H6/c1-27-11-3-4-12-10(6-11)2-5-19-13(12)8-18(24(25)26)20(28-19)14-7-16(22)17(23)9-15(14)21;1-2/h2-7,9,18,20H,8H2,1H3;1-2H3. The minimum atomic E-state index is -1.38. The number of ether oxygens (including phenoxy) is 2. The molecule has 4 rings (SSSR count). The Balaban J connectivity index is 0.00000124. The number of hydrogen-bond donors (Lipinski definition) is 0. The van der Waals surface area contributed by atoms with Gasteiger partial charge in [0.2, 0.25) is 0 Å². The largest absolute Gasteiger partial charge is 0.497 e. The van der Waals surface area contributed by atoms with Crippen LogP contribution in [0.2, 0.25) is 0 Å². The fraction of sp³-hybridized carbons (Fsp3) is 0.273. The van der Waals surface area contributed by atoms with Crippen molar-refractivity contribution in [1.29, 1.82) is 0 Å². The molecule has 30 heavy (non-hydrogen) atoms. The van der Waals surface area contributed by atoms with Gasteiger partial charge in [-0.15, -0.1) is 0 Å². The van der Waals surface area contributed by atoms with Gasteiger partial charge >= 0.3 is 0 Å². The highest BCUT2D eigenvalue weighted by atomic mass is 19.2. The highest BCUT2D eigenvalue weighted by molar-refractivity contribution is 5.89. The molecule has 2 unspecified atom stereocenters. The van der Waals surface area contributed by atoms with E-state index in [0.717, 1.165) is 10.8 Å². The first-order chi connectivity index (χ1) is 14.4. The molecule has 1 heterocycles. The van der Waals surface area contributed by atoms with Crippen LogP contribution in [0.4, 0.5) is 13.2 Å². The zero-order valence-corrected chi connectivity index (χ0v) is 16.6. The van der Waals surface area contributed by atoms with Gasteiger partial charge in [0.25, 0.3) is 6.04 Å². The maximum absolute atomic E-state index is 14.2. The summed E-state index contributed by atoms with van der Waals surface area (Å²) >= 11 is 0. The summed E-state index contributed by atoms with van der Waals surface area (Å²) in [5, 5.41) is 13.2.